The van der Waals surface area contributed by atoms with Crippen LogP contribution in [0.1, 0.15) is 65.2 Å². The van der Waals surface area contributed by atoms with Gasteiger partial charge in [0.25, 0.3) is 0 Å². The predicted molar refractivity (Wildman–Crippen MR) is 61.4 cm³/mol. The average Bonchev–Trinajstić information content (AvgIpc) is 2.00. The van der Waals surface area contributed by atoms with Gasteiger partial charge in [0.15, 0.2) is 0 Å². The van der Waals surface area contributed by atoms with Crippen LogP contribution in [-0.2, 0) is 0 Å². The molecule has 14 heavy (non-hydrogen) atoms. The van der Waals surface area contributed by atoms with Crippen LogP contribution < -0.4 is 5.32 Å². The normalized spacial score (nSPS) is 26.1. The highest BCUT2D eigenvalue weighted by Crippen LogP contribution is 2.36. The molecule has 0 aliphatic heterocycles. The lowest BCUT2D eigenvalue weighted by Gasteiger charge is -2.44. The zero-order valence-corrected chi connectivity index (χ0v) is 9.81. The van der Waals surface area contributed by atoms with E-state index in [1.54, 1.807) is 0 Å². The van der Waals surface area contributed by atoms with Crippen molar-refractivity contribution in [2.75, 3.05) is 0 Å². The predicted octanol–water partition coefficient (Wildman–Crippen LogP) is 3.49. The maximum atomic E-state index is 3.90. The molecule has 0 atom stereocenters. The van der Waals surface area contributed by atoms with Crippen molar-refractivity contribution in [1.29, 1.82) is 0 Å². The molecule has 1 heteroatoms. The fourth-order valence-electron chi connectivity index (χ4n) is 3.02. The van der Waals surface area contributed by atoms with Gasteiger partial charge in [-0.15, -0.1) is 0 Å². The van der Waals surface area contributed by atoms with E-state index in [2.05, 4.69) is 19.2 Å². The van der Waals surface area contributed by atoms with Gasteiger partial charge in [0.1, 0.15) is 0 Å². The topological polar surface area (TPSA) is 12.0 Å². The molecule has 0 aromatic heterocycles. The molecule has 0 saturated heterocycles. The van der Waals surface area contributed by atoms with Crippen molar-refractivity contribution in [3.63, 3.8) is 0 Å². The lowest BCUT2D eigenvalue weighted by atomic mass is 9.72. The number of hydrogen-bond acceptors (Lipinski definition) is 1. The minimum absolute atomic E-state index is 0.403. The lowest BCUT2D eigenvalue weighted by Crippen LogP contribution is -2.53. The van der Waals surface area contributed by atoms with Gasteiger partial charge in [-0.2, -0.15) is 0 Å². The first-order chi connectivity index (χ1) is 6.68. The second kappa shape index (κ2) is 4.22. The summed E-state index contributed by atoms with van der Waals surface area (Å²) < 4.78 is 0. The largest absolute Gasteiger partial charge is 0.309 e. The van der Waals surface area contributed by atoms with E-state index in [1.807, 2.05) is 0 Å². The fraction of sp³-hybridized carbons (Fsp3) is 1.00. The van der Waals surface area contributed by atoms with Crippen LogP contribution in [-0.4, -0.2) is 11.6 Å². The summed E-state index contributed by atoms with van der Waals surface area (Å²) in [6, 6.07) is 0.819. The molecule has 2 rings (SSSR count). The summed E-state index contributed by atoms with van der Waals surface area (Å²) in [5, 5.41) is 3.90. The highest BCUT2D eigenvalue weighted by Gasteiger charge is 2.35. The molecule has 2 aliphatic rings. The first-order valence-corrected chi connectivity index (χ1v) is 6.46. The van der Waals surface area contributed by atoms with Crippen LogP contribution in [0.25, 0.3) is 0 Å². The van der Waals surface area contributed by atoms with Gasteiger partial charge < -0.3 is 5.32 Å². The molecule has 82 valence electrons. The number of nitrogens with one attached hydrogen (secondary N) is 1. The van der Waals surface area contributed by atoms with E-state index in [0.29, 0.717) is 5.54 Å². The third-order valence-electron chi connectivity index (χ3n) is 4.31. The van der Waals surface area contributed by atoms with E-state index >= 15 is 0 Å². The summed E-state index contributed by atoms with van der Waals surface area (Å²) in [7, 11) is 0. The SMILES string of the molecule is CC(C)(NC1CCCCC1)C1CCC1. The quantitative estimate of drug-likeness (QED) is 0.727. The second-order valence-corrected chi connectivity index (χ2v) is 5.83. The molecule has 2 aliphatic carbocycles. The smallest absolute Gasteiger partial charge is 0.0155 e. The van der Waals surface area contributed by atoms with Gasteiger partial charge in [-0.25, -0.2) is 0 Å². The number of rotatable bonds is 3. The molecule has 0 heterocycles. The Morgan fingerprint density at radius 3 is 2.00 bits per heavy atom. The van der Waals surface area contributed by atoms with Crippen molar-refractivity contribution < 1.29 is 0 Å². The molecule has 0 unspecified atom stereocenters. The summed E-state index contributed by atoms with van der Waals surface area (Å²) in [5.41, 5.74) is 0.403. The van der Waals surface area contributed by atoms with Crippen molar-refractivity contribution in [2.24, 2.45) is 5.92 Å². The Morgan fingerprint density at radius 1 is 0.857 bits per heavy atom. The standard InChI is InChI=1S/C13H25N/c1-13(2,11-7-6-8-11)14-12-9-4-3-5-10-12/h11-12,14H,3-10H2,1-2H3. The Morgan fingerprint density at radius 2 is 1.50 bits per heavy atom. The van der Waals surface area contributed by atoms with Gasteiger partial charge in [0.05, 0.1) is 0 Å². The van der Waals surface area contributed by atoms with Crippen molar-refractivity contribution >= 4 is 0 Å². The molecule has 2 fully saturated rings. The van der Waals surface area contributed by atoms with E-state index in [4.69, 9.17) is 0 Å². The number of hydrogen-bond donors (Lipinski definition) is 1. The molecule has 1 nitrogen and oxygen atoms in total. The third-order valence-corrected chi connectivity index (χ3v) is 4.31. The van der Waals surface area contributed by atoms with Crippen LogP contribution in [0, 0.1) is 5.92 Å². The van der Waals surface area contributed by atoms with E-state index in [1.165, 1.54) is 51.4 Å². The van der Waals surface area contributed by atoms with E-state index in [0.717, 1.165) is 12.0 Å². The van der Waals surface area contributed by atoms with Gasteiger partial charge in [-0.1, -0.05) is 25.7 Å². The van der Waals surface area contributed by atoms with Crippen LogP contribution in [0.2, 0.25) is 0 Å². The summed E-state index contributed by atoms with van der Waals surface area (Å²) in [6.45, 7) is 4.82. The maximum Gasteiger partial charge on any atom is 0.0155 e. The first kappa shape index (κ1) is 10.5. The third kappa shape index (κ3) is 2.31. The molecule has 2 saturated carbocycles. The summed E-state index contributed by atoms with van der Waals surface area (Å²) >= 11 is 0. The van der Waals surface area contributed by atoms with Gasteiger partial charge in [-0.05, 0) is 45.4 Å². The van der Waals surface area contributed by atoms with Crippen LogP contribution in [0.3, 0.4) is 0 Å². The molecule has 0 spiro atoms. The Labute approximate surface area is 88.7 Å². The van der Waals surface area contributed by atoms with Crippen molar-refractivity contribution in [3.05, 3.63) is 0 Å². The minimum atomic E-state index is 0.403. The molecule has 0 aromatic rings. The Balaban J connectivity index is 1.81. The lowest BCUT2D eigenvalue weighted by molar-refractivity contribution is 0.134. The molecule has 0 radical (unpaired) electrons. The first-order valence-electron chi connectivity index (χ1n) is 6.46. The minimum Gasteiger partial charge on any atom is -0.309 e. The monoisotopic (exact) mass is 195 g/mol. The summed E-state index contributed by atoms with van der Waals surface area (Å²) in [4.78, 5) is 0. The molecule has 0 bridgehead atoms. The second-order valence-electron chi connectivity index (χ2n) is 5.83. The molecular formula is C13H25N. The molecule has 0 amide bonds. The van der Waals surface area contributed by atoms with Crippen molar-refractivity contribution in [2.45, 2.75) is 76.8 Å². The van der Waals surface area contributed by atoms with Crippen LogP contribution in [0.4, 0.5) is 0 Å². The Bertz CT molecular complexity index is 176. The van der Waals surface area contributed by atoms with Crippen molar-refractivity contribution in [3.8, 4) is 0 Å². The van der Waals surface area contributed by atoms with Crippen LogP contribution in [0.15, 0.2) is 0 Å². The molecular weight excluding hydrogens is 170 g/mol. The zero-order chi connectivity index (χ0) is 10.0. The Kier molecular flexibility index (Phi) is 3.16. The molecule has 0 aromatic carbocycles. The molecule has 1 N–H and O–H groups in total. The fourth-order valence-corrected chi connectivity index (χ4v) is 3.02. The van der Waals surface area contributed by atoms with Gasteiger partial charge >= 0.3 is 0 Å². The Hall–Kier alpha value is -0.0400. The van der Waals surface area contributed by atoms with E-state index in [-0.39, 0.29) is 0 Å². The van der Waals surface area contributed by atoms with Crippen molar-refractivity contribution in [1.82, 2.24) is 5.32 Å². The average molecular weight is 195 g/mol. The van der Waals surface area contributed by atoms with Crippen LogP contribution >= 0.6 is 0 Å². The summed E-state index contributed by atoms with van der Waals surface area (Å²) in [6.07, 6.45) is 11.5. The maximum absolute atomic E-state index is 3.90. The van der Waals surface area contributed by atoms with E-state index in [9.17, 15) is 0 Å². The zero-order valence-electron chi connectivity index (χ0n) is 9.81. The highest BCUT2D eigenvalue weighted by atomic mass is 15.0. The van der Waals surface area contributed by atoms with E-state index < -0.39 is 0 Å². The highest BCUT2D eigenvalue weighted by molar-refractivity contribution is 4.93. The van der Waals surface area contributed by atoms with Gasteiger partial charge in [-0.3, -0.25) is 0 Å². The van der Waals surface area contributed by atoms with Crippen LogP contribution in [0.5, 0.6) is 0 Å². The van der Waals surface area contributed by atoms with Gasteiger partial charge in [0.2, 0.25) is 0 Å². The van der Waals surface area contributed by atoms with Gasteiger partial charge in [0, 0.05) is 11.6 Å². The summed E-state index contributed by atoms with van der Waals surface area (Å²) in [5.74, 6) is 0.949.